The lowest BCUT2D eigenvalue weighted by molar-refractivity contribution is 0.243. The average molecular weight is 380 g/mol. The van der Waals surface area contributed by atoms with Gasteiger partial charge in [0.05, 0.1) is 11.2 Å². The molecule has 4 aromatic rings. The molecule has 138 valence electrons. The second-order valence-electron chi connectivity index (χ2n) is 6.18. The molecular weight excluding hydrogens is 360 g/mol. The first-order valence-corrected chi connectivity index (χ1v) is 9.79. The predicted molar refractivity (Wildman–Crippen MR) is 104 cm³/mol. The number of ether oxygens (including phenoxy) is 1. The molecule has 3 aromatic heterocycles. The van der Waals surface area contributed by atoms with Crippen LogP contribution in [0.5, 0.6) is 5.75 Å². The van der Waals surface area contributed by atoms with Crippen LogP contribution in [0.25, 0.3) is 10.7 Å². The van der Waals surface area contributed by atoms with E-state index in [1.54, 1.807) is 11.3 Å². The molecule has 0 aliphatic heterocycles. The van der Waals surface area contributed by atoms with Gasteiger partial charge in [-0.25, -0.2) is 4.98 Å². The standard InChI is InChI=1S/C20H20N4O2S/c1(2-11-24-12-10-21-15-24)4-16-6-8-17(9-7-16)25-14-19-22-20(23-26-19)18-5-3-13-27-18/h3,5-10,12-13,15H,1-2,4,11,14H2. The summed E-state index contributed by atoms with van der Waals surface area (Å²) in [7, 11) is 0. The highest BCUT2D eigenvalue weighted by Gasteiger charge is 2.09. The highest BCUT2D eigenvalue weighted by atomic mass is 32.1. The van der Waals surface area contributed by atoms with Gasteiger partial charge in [-0.05, 0) is 48.4 Å². The van der Waals surface area contributed by atoms with Crippen molar-refractivity contribution in [1.29, 1.82) is 0 Å². The summed E-state index contributed by atoms with van der Waals surface area (Å²) in [6, 6.07) is 12.1. The van der Waals surface area contributed by atoms with E-state index in [0.717, 1.165) is 36.4 Å². The van der Waals surface area contributed by atoms with Gasteiger partial charge in [0, 0.05) is 18.9 Å². The van der Waals surface area contributed by atoms with E-state index in [0.29, 0.717) is 11.7 Å². The molecule has 0 atom stereocenters. The van der Waals surface area contributed by atoms with E-state index in [4.69, 9.17) is 9.26 Å². The summed E-state index contributed by atoms with van der Waals surface area (Å²) in [5, 5.41) is 5.97. The molecule has 3 heterocycles. The Hall–Kier alpha value is -2.93. The van der Waals surface area contributed by atoms with Gasteiger partial charge in [-0.2, -0.15) is 4.98 Å². The van der Waals surface area contributed by atoms with Gasteiger partial charge < -0.3 is 13.8 Å². The first-order chi connectivity index (χ1) is 13.4. The van der Waals surface area contributed by atoms with E-state index in [2.05, 4.69) is 31.8 Å². The molecule has 4 rings (SSSR count). The quantitative estimate of drug-likeness (QED) is 0.397. The van der Waals surface area contributed by atoms with Crippen molar-refractivity contribution >= 4 is 11.3 Å². The molecule has 0 N–H and O–H groups in total. The Morgan fingerprint density at radius 2 is 2.04 bits per heavy atom. The molecule has 6 nitrogen and oxygen atoms in total. The van der Waals surface area contributed by atoms with E-state index in [1.165, 1.54) is 5.56 Å². The Labute approximate surface area is 161 Å². The van der Waals surface area contributed by atoms with Crippen LogP contribution in [-0.4, -0.2) is 19.7 Å². The van der Waals surface area contributed by atoms with Crippen LogP contribution in [-0.2, 0) is 19.6 Å². The molecule has 0 saturated heterocycles. The van der Waals surface area contributed by atoms with Crippen molar-refractivity contribution in [2.45, 2.75) is 32.4 Å². The SMILES string of the molecule is c1csc(-c2noc(COc3ccc(CCCCn4ccnc4)cc3)n2)c1. The minimum absolute atomic E-state index is 0.266. The van der Waals surface area contributed by atoms with Gasteiger partial charge >= 0.3 is 0 Å². The minimum atomic E-state index is 0.266. The number of hydrogen-bond donors (Lipinski definition) is 0. The Kier molecular flexibility index (Phi) is 5.59. The van der Waals surface area contributed by atoms with E-state index >= 15 is 0 Å². The molecule has 0 saturated carbocycles. The van der Waals surface area contributed by atoms with Crippen molar-refractivity contribution in [2.75, 3.05) is 0 Å². The zero-order valence-corrected chi connectivity index (χ0v) is 15.6. The van der Waals surface area contributed by atoms with Crippen molar-refractivity contribution in [3.05, 3.63) is 72.0 Å². The van der Waals surface area contributed by atoms with Crippen LogP contribution in [0.3, 0.4) is 0 Å². The van der Waals surface area contributed by atoms with Gasteiger partial charge in [-0.15, -0.1) is 11.3 Å². The molecule has 0 fully saturated rings. The number of nitrogens with zero attached hydrogens (tertiary/aromatic N) is 4. The third-order valence-corrected chi connectivity index (χ3v) is 5.05. The van der Waals surface area contributed by atoms with Crippen LogP contribution >= 0.6 is 11.3 Å². The summed E-state index contributed by atoms with van der Waals surface area (Å²) in [6.07, 6.45) is 9.01. The van der Waals surface area contributed by atoms with Gasteiger partial charge in [0.1, 0.15) is 5.75 Å². The van der Waals surface area contributed by atoms with Crippen LogP contribution in [0.1, 0.15) is 24.3 Å². The Morgan fingerprint density at radius 1 is 1.11 bits per heavy atom. The fraction of sp³-hybridized carbons (Fsp3) is 0.250. The first kappa shape index (κ1) is 17.5. The largest absolute Gasteiger partial charge is 0.484 e. The van der Waals surface area contributed by atoms with Gasteiger partial charge in [0.25, 0.3) is 5.89 Å². The molecular formula is C20H20N4O2S. The topological polar surface area (TPSA) is 66.0 Å². The maximum Gasteiger partial charge on any atom is 0.264 e. The van der Waals surface area contributed by atoms with E-state index in [-0.39, 0.29) is 6.61 Å². The van der Waals surface area contributed by atoms with Gasteiger partial charge in [-0.3, -0.25) is 0 Å². The number of aromatic nitrogens is 4. The highest BCUT2D eigenvalue weighted by molar-refractivity contribution is 7.13. The molecule has 7 heteroatoms. The Morgan fingerprint density at radius 3 is 2.81 bits per heavy atom. The molecule has 0 aliphatic rings. The summed E-state index contributed by atoms with van der Waals surface area (Å²) in [5.41, 5.74) is 1.31. The summed E-state index contributed by atoms with van der Waals surface area (Å²) in [4.78, 5) is 9.40. The van der Waals surface area contributed by atoms with Gasteiger partial charge in [0.15, 0.2) is 6.61 Å². The highest BCUT2D eigenvalue weighted by Crippen LogP contribution is 2.22. The summed E-state index contributed by atoms with van der Waals surface area (Å²) >= 11 is 1.58. The van der Waals surface area contributed by atoms with E-state index in [1.807, 2.05) is 48.4 Å². The zero-order valence-electron chi connectivity index (χ0n) is 14.8. The molecule has 0 aliphatic carbocycles. The number of aryl methyl sites for hydroxylation is 2. The lowest BCUT2D eigenvalue weighted by Crippen LogP contribution is -1.97. The fourth-order valence-electron chi connectivity index (χ4n) is 2.76. The van der Waals surface area contributed by atoms with Gasteiger partial charge in [0.2, 0.25) is 5.82 Å². The number of hydrogen-bond acceptors (Lipinski definition) is 6. The first-order valence-electron chi connectivity index (χ1n) is 8.91. The Bertz CT molecular complexity index is 931. The van der Waals surface area contributed by atoms with Crippen LogP contribution in [0.15, 0.2) is 65.0 Å². The van der Waals surface area contributed by atoms with Crippen molar-refractivity contribution in [3.63, 3.8) is 0 Å². The summed E-state index contributed by atoms with van der Waals surface area (Å²) in [5.74, 6) is 1.88. The normalized spacial score (nSPS) is 11.0. The smallest absolute Gasteiger partial charge is 0.264 e. The maximum absolute atomic E-state index is 5.75. The van der Waals surface area contributed by atoms with Gasteiger partial charge in [-0.1, -0.05) is 23.4 Å². The monoisotopic (exact) mass is 380 g/mol. The summed E-state index contributed by atoms with van der Waals surface area (Å²) in [6.45, 7) is 1.28. The van der Waals surface area contributed by atoms with Crippen LogP contribution in [0, 0.1) is 0 Å². The number of unbranched alkanes of at least 4 members (excludes halogenated alkanes) is 1. The molecule has 0 bridgehead atoms. The molecule has 1 aromatic carbocycles. The lowest BCUT2D eigenvalue weighted by Gasteiger charge is -2.06. The molecule has 0 radical (unpaired) electrons. The lowest BCUT2D eigenvalue weighted by atomic mass is 10.1. The molecule has 0 amide bonds. The minimum Gasteiger partial charge on any atom is -0.484 e. The number of imidazole rings is 1. The second-order valence-corrected chi connectivity index (χ2v) is 7.13. The molecule has 27 heavy (non-hydrogen) atoms. The number of thiophene rings is 1. The molecule has 0 spiro atoms. The van der Waals surface area contributed by atoms with E-state index in [9.17, 15) is 0 Å². The zero-order chi connectivity index (χ0) is 18.3. The van der Waals surface area contributed by atoms with Crippen LogP contribution < -0.4 is 4.74 Å². The van der Waals surface area contributed by atoms with Crippen LogP contribution in [0.4, 0.5) is 0 Å². The number of benzene rings is 1. The third kappa shape index (κ3) is 4.83. The van der Waals surface area contributed by atoms with E-state index < -0.39 is 0 Å². The maximum atomic E-state index is 5.75. The van der Waals surface area contributed by atoms with Crippen molar-refractivity contribution in [3.8, 4) is 16.5 Å². The Balaban J connectivity index is 1.22. The van der Waals surface area contributed by atoms with Crippen LogP contribution in [0.2, 0.25) is 0 Å². The van der Waals surface area contributed by atoms with Crippen molar-refractivity contribution in [1.82, 2.24) is 19.7 Å². The number of rotatable bonds is 9. The third-order valence-electron chi connectivity index (χ3n) is 4.19. The second kappa shape index (κ2) is 8.64. The van der Waals surface area contributed by atoms with Crippen molar-refractivity contribution in [2.24, 2.45) is 0 Å². The molecule has 0 unspecified atom stereocenters. The van der Waals surface area contributed by atoms with Crippen molar-refractivity contribution < 1.29 is 9.26 Å². The fourth-order valence-corrected chi connectivity index (χ4v) is 3.41. The summed E-state index contributed by atoms with van der Waals surface area (Å²) < 4.78 is 13.1. The average Bonchev–Trinajstić information content (AvgIpc) is 3.47. The predicted octanol–water partition coefficient (Wildman–Crippen LogP) is 4.60.